The molecule has 3 amide bonds. The molecule has 0 saturated carbocycles. The zero-order valence-corrected chi connectivity index (χ0v) is 25.0. The number of benzene rings is 2. The highest BCUT2D eigenvalue weighted by atomic mass is 32.2. The van der Waals surface area contributed by atoms with Gasteiger partial charge in [0, 0.05) is 44.5 Å². The van der Waals surface area contributed by atoms with Crippen LogP contribution in [0.25, 0.3) is 0 Å². The predicted octanol–water partition coefficient (Wildman–Crippen LogP) is 2.33. The number of aliphatic hydroxyl groups is 1. The lowest BCUT2D eigenvalue weighted by atomic mass is 9.99. The van der Waals surface area contributed by atoms with Crippen LogP contribution in [0.15, 0.2) is 53.9 Å². The SMILES string of the molecule is C[C@H](CO)N1C[C@H](C)[C@@H](CN(C)C(=O)Nc2ccc3c(c2)OCO3)Oc2c(NS(=O)(=O)c3cn(C)cn3)cccc2C1=O. The Morgan fingerprint density at radius 3 is 2.72 bits per heavy atom. The van der Waals surface area contributed by atoms with Crippen molar-refractivity contribution in [1.82, 2.24) is 19.4 Å². The predicted molar refractivity (Wildman–Crippen MR) is 156 cm³/mol. The van der Waals surface area contributed by atoms with Crippen molar-refractivity contribution in [3.63, 3.8) is 0 Å². The Balaban J connectivity index is 1.44. The van der Waals surface area contributed by atoms with E-state index in [9.17, 15) is 23.1 Å². The Kier molecular flexibility index (Phi) is 8.37. The zero-order valence-electron chi connectivity index (χ0n) is 24.2. The Morgan fingerprint density at radius 2 is 2.00 bits per heavy atom. The van der Waals surface area contributed by atoms with Crippen molar-refractivity contribution in [2.45, 2.75) is 31.0 Å². The summed E-state index contributed by atoms with van der Waals surface area (Å²) in [4.78, 5) is 33.8. The lowest BCUT2D eigenvalue weighted by Crippen LogP contribution is -2.50. The number of carbonyl (C=O) groups is 2. The molecule has 0 spiro atoms. The number of anilines is 2. The topological polar surface area (TPSA) is 165 Å². The van der Waals surface area contributed by atoms with E-state index in [-0.39, 0.29) is 54.4 Å². The first kappa shape index (κ1) is 30.0. The van der Waals surface area contributed by atoms with Crippen molar-refractivity contribution < 1.29 is 37.3 Å². The van der Waals surface area contributed by atoms with Crippen molar-refractivity contribution in [2.24, 2.45) is 13.0 Å². The number of sulfonamides is 1. The van der Waals surface area contributed by atoms with E-state index in [1.54, 1.807) is 45.3 Å². The van der Waals surface area contributed by atoms with Gasteiger partial charge in [-0.3, -0.25) is 9.52 Å². The highest BCUT2D eigenvalue weighted by Gasteiger charge is 2.35. The van der Waals surface area contributed by atoms with Crippen LogP contribution in [0.3, 0.4) is 0 Å². The van der Waals surface area contributed by atoms with E-state index < -0.39 is 34.1 Å². The standard InChI is InChI=1S/C28H34N6O8S/c1-17-11-34(18(2)14-35)27(36)20-6-5-7-21(31-43(38,39)25-13-32(3)15-29-25)26(20)42-24(17)12-33(4)28(37)30-19-8-9-22-23(10-19)41-16-40-22/h5-10,13,15,17-18,24,31,35H,11-12,14,16H2,1-4H3,(H,30,37)/t17-,18+,24+/m0/s1. The molecule has 2 aliphatic rings. The second-order valence-corrected chi connectivity index (χ2v) is 12.3. The van der Waals surface area contributed by atoms with Crippen molar-refractivity contribution in [2.75, 3.05) is 43.6 Å². The van der Waals surface area contributed by atoms with Crippen molar-refractivity contribution in [3.8, 4) is 17.2 Å². The number of fused-ring (bicyclic) bond motifs is 2. The minimum Gasteiger partial charge on any atom is -0.485 e. The summed E-state index contributed by atoms with van der Waals surface area (Å²) in [6, 6.07) is 8.70. The molecular weight excluding hydrogens is 580 g/mol. The number of para-hydroxylation sites is 1. The molecule has 15 heteroatoms. The first-order chi connectivity index (χ1) is 20.5. The van der Waals surface area contributed by atoms with Gasteiger partial charge in [-0.15, -0.1) is 0 Å². The van der Waals surface area contributed by atoms with Crippen LogP contribution in [0.1, 0.15) is 24.2 Å². The number of rotatable bonds is 8. The third kappa shape index (κ3) is 6.32. The fourth-order valence-corrected chi connectivity index (χ4v) is 5.86. The molecular formula is C28H34N6O8S. The molecule has 0 radical (unpaired) electrons. The average molecular weight is 615 g/mol. The van der Waals surface area contributed by atoms with Gasteiger partial charge in [0.25, 0.3) is 15.9 Å². The number of hydrogen-bond acceptors (Lipinski definition) is 9. The number of aryl methyl sites for hydroxylation is 1. The highest BCUT2D eigenvalue weighted by Crippen LogP contribution is 2.37. The van der Waals surface area contributed by atoms with E-state index in [0.717, 1.165) is 0 Å². The zero-order chi connectivity index (χ0) is 30.9. The smallest absolute Gasteiger partial charge is 0.321 e. The summed E-state index contributed by atoms with van der Waals surface area (Å²) in [5.41, 5.74) is 0.670. The molecule has 3 N–H and O–H groups in total. The normalized spacial score (nSPS) is 18.6. The number of nitrogens with zero attached hydrogens (tertiary/aromatic N) is 4. The summed E-state index contributed by atoms with van der Waals surface area (Å²) >= 11 is 0. The molecule has 0 saturated heterocycles. The van der Waals surface area contributed by atoms with Crippen LogP contribution in [0.2, 0.25) is 0 Å². The van der Waals surface area contributed by atoms with E-state index in [2.05, 4.69) is 15.0 Å². The van der Waals surface area contributed by atoms with Gasteiger partial charge < -0.3 is 39.0 Å². The first-order valence-electron chi connectivity index (χ1n) is 13.6. The molecule has 1 aromatic heterocycles. The summed E-state index contributed by atoms with van der Waals surface area (Å²) in [6.07, 6.45) is 2.04. The molecule has 3 aromatic rings. The third-order valence-electron chi connectivity index (χ3n) is 7.32. The second-order valence-electron chi connectivity index (χ2n) is 10.7. The van der Waals surface area contributed by atoms with Crippen molar-refractivity contribution >= 4 is 33.3 Å². The number of aromatic nitrogens is 2. The molecule has 3 atom stereocenters. The van der Waals surface area contributed by atoms with Crippen LogP contribution in [-0.2, 0) is 17.1 Å². The van der Waals surface area contributed by atoms with Gasteiger partial charge in [-0.25, -0.2) is 9.78 Å². The summed E-state index contributed by atoms with van der Waals surface area (Å²) in [5, 5.41) is 12.5. The molecule has 0 aliphatic carbocycles. The van der Waals surface area contributed by atoms with E-state index in [1.165, 1.54) is 39.0 Å². The number of likely N-dealkylation sites (N-methyl/N-ethyl adjacent to an activating group) is 1. The molecule has 230 valence electrons. The molecule has 43 heavy (non-hydrogen) atoms. The number of aliphatic hydroxyl groups excluding tert-OH is 1. The van der Waals surface area contributed by atoms with Gasteiger partial charge in [0.05, 0.1) is 36.8 Å². The van der Waals surface area contributed by atoms with Crippen LogP contribution < -0.4 is 24.2 Å². The summed E-state index contributed by atoms with van der Waals surface area (Å²) < 4.78 is 47.5. The number of amides is 3. The van der Waals surface area contributed by atoms with E-state index >= 15 is 0 Å². The molecule has 0 bridgehead atoms. The van der Waals surface area contributed by atoms with Crippen LogP contribution in [0, 0.1) is 5.92 Å². The average Bonchev–Trinajstić information content (AvgIpc) is 3.63. The number of ether oxygens (including phenoxy) is 3. The lowest BCUT2D eigenvalue weighted by molar-refractivity contribution is 0.0373. The van der Waals surface area contributed by atoms with Gasteiger partial charge in [-0.05, 0) is 31.2 Å². The second kappa shape index (κ2) is 12.0. The summed E-state index contributed by atoms with van der Waals surface area (Å²) in [6.45, 7) is 3.74. The minimum atomic E-state index is -4.13. The number of hydrogen-bond donors (Lipinski definition) is 3. The maximum atomic E-state index is 13.7. The molecule has 0 fully saturated rings. The number of urea groups is 1. The first-order valence-corrected chi connectivity index (χ1v) is 15.1. The number of carbonyl (C=O) groups excluding carboxylic acids is 2. The van der Waals surface area contributed by atoms with Crippen LogP contribution >= 0.6 is 0 Å². The maximum Gasteiger partial charge on any atom is 0.321 e. The number of imidazole rings is 1. The van der Waals surface area contributed by atoms with E-state index in [4.69, 9.17) is 14.2 Å². The molecule has 2 aromatic carbocycles. The maximum absolute atomic E-state index is 13.7. The van der Waals surface area contributed by atoms with E-state index in [0.29, 0.717) is 17.2 Å². The Morgan fingerprint density at radius 1 is 1.23 bits per heavy atom. The van der Waals surface area contributed by atoms with Crippen LogP contribution in [-0.4, -0.2) is 90.5 Å². The van der Waals surface area contributed by atoms with E-state index in [1.807, 2.05) is 6.92 Å². The monoisotopic (exact) mass is 614 g/mol. The Hall–Kier alpha value is -4.50. The molecule has 2 aliphatic heterocycles. The van der Waals surface area contributed by atoms with Crippen LogP contribution in [0.4, 0.5) is 16.2 Å². The van der Waals surface area contributed by atoms with Gasteiger partial charge in [-0.2, -0.15) is 8.42 Å². The molecule has 5 rings (SSSR count). The number of nitrogens with one attached hydrogen (secondary N) is 2. The Bertz CT molecular complexity index is 1630. The fourth-order valence-electron chi connectivity index (χ4n) is 4.81. The van der Waals surface area contributed by atoms with Gasteiger partial charge in [0.2, 0.25) is 6.79 Å². The summed E-state index contributed by atoms with van der Waals surface area (Å²) in [5.74, 6) is 0.384. The lowest BCUT2D eigenvalue weighted by Gasteiger charge is -2.38. The van der Waals surface area contributed by atoms with Crippen LogP contribution in [0.5, 0.6) is 17.2 Å². The van der Waals surface area contributed by atoms with Crippen molar-refractivity contribution in [1.29, 1.82) is 0 Å². The fraction of sp³-hybridized carbons (Fsp3) is 0.393. The Labute approximate surface area is 249 Å². The van der Waals surface area contributed by atoms with Gasteiger partial charge in [0.1, 0.15) is 6.10 Å². The highest BCUT2D eigenvalue weighted by molar-refractivity contribution is 7.92. The summed E-state index contributed by atoms with van der Waals surface area (Å²) in [7, 11) is -0.875. The molecule has 14 nitrogen and oxygen atoms in total. The molecule has 3 heterocycles. The van der Waals surface area contributed by atoms with Gasteiger partial charge in [0.15, 0.2) is 22.3 Å². The van der Waals surface area contributed by atoms with Gasteiger partial charge >= 0.3 is 6.03 Å². The molecule has 0 unspecified atom stereocenters. The van der Waals surface area contributed by atoms with Gasteiger partial charge in [-0.1, -0.05) is 13.0 Å². The quantitative estimate of drug-likeness (QED) is 0.345. The third-order valence-corrected chi connectivity index (χ3v) is 8.57. The van der Waals surface area contributed by atoms with Crippen molar-refractivity contribution in [3.05, 3.63) is 54.5 Å². The minimum absolute atomic E-state index is 0.0169. The largest absolute Gasteiger partial charge is 0.485 e.